The summed E-state index contributed by atoms with van der Waals surface area (Å²) < 4.78 is 4.25. The van der Waals surface area contributed by atoms with Crippen molar-refractivity contribution in [3.8, 4) is 10.4 Å². The van der Waals surface area contributed by atoms with Crippen molar-refractivity contribution < 1.29 is 4.79 Å². The van der Waals surface area contributed by atoms with Crippen LogP contribution in [-0.4, -0.2) is 18.7 Å². The van der Waals surface area contributed by atoms with Gasteiger partial charge in [-0.15, -0.1) is 11.3 Å². The Bertz CT molecular complexity index is 1220. The Labute approximate surface area is 189 Å². The van der Waals surface area contributed by atoms with Crippen molar-refractivity contribution in [1.82, 2.24) is 4.72 Å². The van der Waals surface area contributed by atoms with Crippen LogP contribution in [0.4, 0.5) is 11.4 Å². The standard InChI is InChI=1S/C24H22N4OS2/c1-15-6-8-19(9-7-15)31-27-14-23(29)28-18-10-17(13-25)24(26)20(12-18)22-11-16-4-2-3-5-21(16)30-22/h2-13,25,27H,14,26H2,1H3,(H,28,29). The van der Waals surface area contributed by atoms with Crippen LogP contribution in [0.2, 0.25) is 0 Å². The Kier molecular flexibility index (Phi) is 6.36. The molecule has 0 aliphatic carbocycles. The molecular formula is C24H22N4OS2. The molecule has 0 aliphatic heterocycles. The second-order valence-electron chi connectivity index (χ2n) is 7.10. The topological polar surface area (TPSA) is 91.0 Å². The third-order valence-corrected chi connectivity index (χ3v) is 6.73. The van der Waals surface area contributed by atoms with Gasteiger partial charge in [0.2, 0.25) is 5.91 Å². The van der Waals surface area contributed by atoms with Crippen LogP contribution in [0.3, 0.4) is 0 Å². The normalized spacial score (nSPS) is 10.9. The summed E-state index contributed by atoms with van der Waals surface area (Å²) in [6.45, 7) is 2.19. The molecule has 1 aromatic heterocycles. The van der Waals surface area contributed by atoms with Gasteiger partial charge >= 0.3 is 0 Å². The minimum atomic E-state index is -0.164. The SMILES string of the molecule is Cc1ccc(SNCC(=O)Nc2cc(C=N)c(N)c(-c3cc4ccccc4s3)c2)cc1. The maximum atomic E-state index is 12.5. The van der Waals surface area contributed by atoms with Crippen LogP contribution in [0.5, 0.6) is 0 Å². The average molecular weight is 447 g/mol. The lowest BCUT2D eigenvalue weighted by Gasteiger charge is -2.12. The summed E-state index contributed by atoms with van der Waals surface area (Å²) in [7, 11) is 0. The van der Waals surface area contributed by atoms with Gasteiger partial charge in [-0.2, -0.15) is 0 Å². The molecule has 4 aromatic rings. The molecule has 0 bridgehead atoms. The molecule has 0 atom stereocenters. The third kappa shape index (κ3) is 4.96. The smallest absolute Gasteiger partial charge is 0.239 e. The summed E-state index contributed by atoms with van der Waals surface area (Å²) in [5, 5.41) is 11.8. The van der Waals surface area contributed by atoms with Crippen LogP contribution in [0.1, 0.15) is 11.1 Å². The fraction of sp³-hybridized carbons (Fsp3) is 0.0833. The molecule has 5 N–H and O–H groups in total. The predicted octanol–water partition coefficient (Wildman–Crippen LogP) is 5.69. The van der Waals surface area contributed by atoms with Crippen molar-refractivity contribution in [2.75, 3.05) is 17.6 Å². The van der Waals surface area contributed by atoms with E-state index in [1.54, 1.807) is 17.4 Å². The zero-order valence-electron chi connectivity index (χ0n) is 16.9. The summed E-state index contributed by atoms with van der Waals surface area (Å²) >= 11 is 3.06. The molecular weight excluding hydrogens is 424 g/mol. The highest BCUT2D eigenvalue weighted by atomic mass is 32.2. The summed E-state index contributed by atoms with van der Waals surface area (Å²) in [5.74, 6) is -0.164. The number of aryl methyl sites for hydroxylation is 1. The van der Waals surface area contributed by atoms with Crippen LogP contribution in [-0.2, 0) is 4.79 Å². The number of amides is 1. The quantitative estimate of drug-likeness (QED) is 0.167. The highest BCUT2D eigenvalue weighted by Crippen LogP contribution is 2.38. The molecule has 0 spiro atoms. The van der Waals surface area contributed by atoms with Gasteiger partial charge in [-0.05, 0) is 60.7 Å². The molecule has 0 radical (unpaired) electrons. The number of hydrogen-bond donors (Lipinski definition) is 4. The van der Waals surface area contributed by atoms with E-state index in [0.717, 1.165) is 20.7 Å². The average Bonchev–Trinajstić information content (AvgIpc) is 3.20. The van der Waals surface area contributed by atoms with Gasteiger partial charge in [-0.25, -0.2) is 0 Å². The monoisotopic (exact) mass is 446 g/mol. The number of hydrogen-bond acceptors (Lipinski definition) is 6. The van der Waals surface area contributed by atoms with Gasteiger partial charge in [0, 0.05) is 43.2 Å². The number of benzene rings is 3. The van der Waals surface area contributed by atoms with Crippen molar-refractivity contribution in [2.24, 2.45) is 0 Å². The molecule has 5 nitrogen and oxygen atoms in total. The molecule has 4 rings (SSSR count). The Hall–Kier alpha value is -3.13. The maximum Gasteiger partial charge on any atom is 0.239 e. The number of carbonyl (C=O) groups excluding carboxylic acids is 1. The molecule has 7 heteroatoms. The second kappa shape index (κ2) is 9.34. The van der Waals surface area contributed by atoms with Crippen molar-refractivity contribution in [3.63, 3.8) is 0 Å². The molecule has 31 heavy (non-hydrogen) atoms. The van der Waals surface area contributed by atoms with E-state index in [9.17, 15) is 4.79 Å². The molecule has 0 aliphatic rings. The van der Waals surface area contributed by atoms with E-state index < -0.39 is 0 Å². The van der Waals surface area contributed by atoms with Crippen molar-refractivity contribution in [2.45, 2.75) is 11.8 Å². The van der Waals surface area contributed by atoms with Crippen molar-refractivity contribution in [3.05, 3.63) is 77.9 Å². The second-order valence-corrected chi connectivity index (χ2v) is 9.15. The van der Waals surface area contributed by atoms with E-state index in [-0.39, 0.29) is 12.5 Å². The Balaban J connectivity index is 1.50. The van der Waals surface area contributed by atoms with Gasteiger partial charge in [0.25, 0.3) is 0 Å². The molecule has 0 saturated carbocycles. The lowest BCUT2D eigenvalue weighted by molar-refractivity contribution is -0.115. The molecule has 3 aromatic carbocycles. The van der Waals surface area contributed by atoms with E-state index >= 15 is 0 Å². The summed E-state index contributed by atoms with van der Waals surface area (Å²) in [6, 6.07) is 21.9. The van der Waals surface area contributed by atoms with Gasteiger partial charge in [0.15, 0.2) is 0 Å². The number of rotatable bonds is 7. The Morgan fingerprint density at radius 2 is 1.90 bits per heavy atom. The molecule has 0 fully saturated rings. The highest BCUT2D eigenvalue weighted by molar-refractivity contribution is 7.97. The van der Waals surface area contributed by atoms with Gasteiger partial charge in [0.05, 0.1) is 6.54 Å². The first-order valence-electron chi connectivity index (χ1n) is 9.72. The number of anilines is 2. The lowest BCUT2D eigenvalue weighted by Crippen LogP contribution is -2.24. The number of carbonyl (C=O) groups is 1. The molecule has 0 unspecified atom stereocenters. The van der Waals surface area contributed by atoms with Gasteiger partial charge in [0.1, 0.15) is 0 Å². The number of nitrogens with one attached hydrogen (secondary N) is 3. The minimum Gasteiger partial charge on any atom is -0.398 e. The molecule has 156 valence electrons. The van der Waals surface area contributed by atoms with E-state index in [1.807, 2.05) is 49.4 Å². The van der Waals surface area contributed by atoms with Crippen molar-refractivity contribution >= 4 is 56.9 Å². The van der Waals surface area contributed by atoms with E-state index in [0.29, 0.717) is 16.9 Å². The number of fused-ring (bicyclic) bond motifs is 1. The van der Waals surface area contributed by atoms with E-state index in [4.69, 9.17) is 11.1 Å². The summed E-state index contributed by atoms with van der Waals surface area (Å²) in [6.07, 6.45) is 1.22. The molecule has 1 heterocycles. The Morgan fingerprint density at radius 3 is 2.65 bits per heavy atom. The largest absolute Gasteiger partial charge is 0.398 e. The Morgan fingerprint density at radius 1 is 1.13 bits per heavy atom. The zero-order chi connectivity index (χ0) is 21.8. The maximum absolute atomic E-state index is 12.5. The molecule has 0 saturated heterocycles. The number of nitrogens with two attached hydrogens (primary N) is 1. The lowest BCUT2D eigenvalue weighted by atomic mass is 10.0. The number of nitrogen functional groups attached to an aromatic ring is 1. The first-order chi connectivity index (χ1) is 15.0. The van der Waals surface area contributed by atoms with Gasteiger partial charge in [-0.1, -0.05) is 35.9 Å². The predicted molar refractivity (Wildman–Crippen MR) is 133 cm³/mol. The van der Waals surface area contributed by atoms with Crippen LogP contribution in [0.25, 0.3) is 20.5 Å². The summed E-state index contributed by atoms with van der Waals surface area (Å²) in [5.41, 5.74) is 10.1. The summed E-state index contributed by atoms with van der Waals surface area (Å²) in [4.78, 5) is 14.5. The molecule has 1 amide bonds. The van der Waals surface area contributed by atoms with Crippen molar-refractivity contribution in [1.29, 1.82) is 5.41 Å². The van der Waals surface area contributed by atoms with Crippen LogP contribution in [0, 0.1) is 12.3 Å². The van der Waals surface area contributed by atoms with E-state index in [2.05, 4.69) is 28.2 Å². The number of thiophene rings is 1. The van der Waals surface area contributed by atoms with Crippen LogP contribution in [0.15, 0.2) is 71.6 Å². The fourth-order valence-corrected chi connectivity index (χ4v) is 4.92. The first kappa shape index (κ1) is 21.1. The van der Waals surface area contributed by atoms with E-state index in [1.165, 1.54) is 28.4 Å². The zero-order valence-corrected chi connectivity index (χ0v) is 18.6. The minimum absolute atomic E-state index is 0.154. The van der Waals surface area contributed by atoms with Gasteiger partial charge in [-0.3, -0.25) is 9.52 Å². The first-order valence-corrected chi connectivity index (χ1v) is 11.4. The van der Waals surface area contributed by atoms with Gasteiger partial charge < -0.3 is 16.5 Å². The fourth-order valence-electron chi connectivity index (χ4n) is 3.18. The third-order valence-electron chi connectivity index (χ3n) is 4.79. The van der Waals surface area contributed by atoms with Crippen LogP contribution < -0.4 is 15.8 Å². The van der Waals surface area contributed by atoms with Crippen LogP contribution >= 0.6 is 23.3 Å². The highest BCUT2D eigenvalue weighted by Gasteiger charge is 2.13.